The third-order valence-electron chi connectivity index (χ3n) is 5.90. The van der Waals surface area contributed by atoms with Crippen molar-refractivity contribution < 1.29 is 4.79 Å². The second-order valence-corrected chi connectivity index (χ2v) is 7.53. The lowest BCUT2D eigenvalue weighted by Gasteiger charge is -2.45. The summed E-state index contributed by atoms with van der Waals surface area (Å²) in [6.45, 7) is 5.62. The summed E-state index contributed by atoms with van der Waals surface area (Å²) in [7, 11) is 2.19. The Morgan fingerprint density at radius 2 is 2.12 bits per heavy atom. The number of rotatable bonds is 4. The van der Waals surface area contributed by atoms with E-state index in [-0.39, 0.29) is 5.91 Å². The summed E-state index contributed by atoms with van der Waals surface area (Å²) in [5.74, 6) is 1.25. The zero-order chi connectivity index (χ0) is 16.7. The fourth-order valence-corrected chi connectivity index (χ4v) is 4.31. The molecule has 6 nitrogen and oxygen atoms in total. The Hall–Kier alpha value is -1.69. The average molecular weight is 329 g/mol. The van der Waals surface area contributed by atoms with E-state index in [1.165, 1.54) is 17.7 Å². The van der Waals surface area contributed by atoms with Crippen LogP contribution in [0.25, 0.3) is 0 Å². The van der Waals surface area contributed by atoms with Gasteiger partial charge in [-0.2, -0.15) is 5.10 Å². The van der Waals surface area contributed by atoms with Crippen molar-refractivity contribution in [2.75, 3.05) is 38.1 Å². The first-order valence-corrected chi connectivity index (χ1v) is 9.19. The molecule has 130 valence electrons. The summed E-state index contributed by atoms with van der Waals surface area (Å²) in [6.07, 6.45) is 5.72. The van der Waals surface area contributed by atoms with Gasteiger partial charge in [0.15, 0.2) is 5.82 Å². The van der Waals surface area contributed by atoms with Gasteiger partial charge in [0.2, 0.25) is 5.91 Å². The first kappa shape index (κ1) is 15.8. The number of aromatic nitrogens is 2. The smallest absolute Gasteiger partial charge is 0.219 e. The van der Waals surface area contributed by atoms with Gasteiger partial charge in [-0.15, -0.1) is 5.10 Å². The van der Waals surface area contributed by atoms with Gasteiger partial charge in [0.1, 0.15) is 0 Å². The normalized spacial score (nSPS) is 23.7. The molecule has 1 unspecified atom stereocenters. The molecule has 2 fully saturated rings. The molecule has 0 spiro atoms. The number of hydrogen-bond acceptors (Lipinski definition) is 5. The van der Waals surface area contributed by atoms with Crippen LogP contribution in [0.15, 0.2) is 6.07 Å². The topological polar surface area (TPSA) is 52.6 Å². The Kier molecular flexibility index (Phi) is 4.16. The summed E-state index contributed by atoms with van der Waals surface area (Å²) < 4.78 is 0. The second kappa shape index (κ2) is 6.31. The van der Waals surface area contributed by atoms with Crippen molar-refractivity contribution in [3.8, 4) is 0 Å². The van der Waals surface area contributed by atoms with E-state index in [0.29, 0.717) is 12.1 Å². The van der Waals surface area contributed by atoms with Crippen molar-refractivity contribution in [3.63, 3.8) is 0 Å². The van der Waals surface area contributed by atoms with Crippen molar-refractivity contribution in [2.45, 2.75) is 51.1 Å². The van der Waals surface area contributed by atoms with Gasteiger partial charge in [-0.05, 0) is 50.8 Å². The minimum absolute atomic E-state index is 0.217. The van der Waals surface area contributed by atoms with E-state index in [2.05, 4.69) is 33.1 Å². The van der Waals surface area contributed by atoms with Crippen LogP contribution in [0, 0.1) is 0 Å². The maximum absolute atomic E-state index is 11.7. The number of fused-ring (bicyclic) bond motifs is 1. The number of carbonyl (C=O) groups excluding carboxylic acids is 1. The Bertz CT molecular complexity index is 628. The monoisotopic (exact) mass is 329 g/mol. The first-order valence-electron chi connectivity index (χ1n) is 9.19. The average Bonchev–Trinajstić information content (AvgIpc) is 3.13. The molecule has 6 heteroatoms. The van der Waals surface area contributed by atoms with Crippen LogP contribution in [0.1, 0.15) is 37.4 Å². The van der Waals surface area contributed by atoms with Gasteiger partial charge in [-0.3, -0.25) is 9.69 Å². The molecule has 3 heterocycles. The summed E-state index contributed by atoms with van der Waals surface area (Å²) in [5.41, 5.74) is 2.58. The largest absolute Gasteiger partial charge is 0.352 e. The molecular weight excluding hydrogens is 302 g/mol. The molecule has 0 radical (unpaired) electrons. The first-order chi connectivity index (χ1) is 11.6. The molecule has 2 aliphatic heterocycles. The molecule has 0 bridgehead atoms. The van der Waals surface area contributed by atoms with Crippen LogP contribution in [-0.2, 0) is 17.6 Å². The number of nitrogens with zero attached hydrogens (tertiary/aromatic N) is 5. The Morgan fingerprint density at radius 3 is 2.92 bits per heavy atom. The van der Waals surface area contributed by atoms with E-state index in [4.69, 9.17) is 0 Å². The third kappa shape index (κ3) is 2.88. The highest BCUT2D eigenvalue weighted by atomic mass is 16.2. The van der Waals surface area contributed by atoms with E-state index >= 15 is 0 Å². The minimum Gasteiger partial charge on any atom is -0.352 e. The highest BCUT2D eigenvalue weighted by Gasteiger charge is 2.35. The van der Waals surface area contributed by atoms with Crippen LogP contribution in [0.2, 0.25) is 0 Å². The highest BCUT2D eigenvalue weighted by molar-refractivity contribution is 5.73. The molecule has 4 rings (SSSR count). The van der Waals surface area contributed by atoms with Crippen LogP contribution in [0.3, 0.4) is 0 Å². The maximum atomic E-state index is 11.7. The molecule has 1 amide bonds. The van der Waals surface area contributed by atoms with E-state index in [0.717, 1.165) is 57.7 Å². The highest BCUT2D eigenvalue weighted by Crippen LogP contribution is 2.27. The molecule has 3 aliphatic rings. The van der Waals surface area contributed by atoms with Gasteiger partial charge in [-0.25, -0.2) is 0 Å². The molecular formula is C18H27N5O. The molecule has 24 heavy (non-hydrogen) atoms. The Balaban J connectivity index is 1.31. The van der Waals surface area contributed by atoms with Crippen LogP contribution in [-0.4, -0.2) is 71.2 Å². The molecule has 1 aromatic rings. The molecule has 0 N–H and O–H groups in total. The maximum Gasteiger partial charge on any atom is 0.219 e. The van der Waals surface area contributed by atoms with Crippen molar-refractivity contribution in [2.24, 2.45) is 0 Å². The molecule has 1 aliphatic carbocycles. The fourth-order valence-electron chi connectivity index (χ4n) is 4.31. The van der Waals surface area contributed by atoms with Crippen molar-refractivity contribution in [1.82, 2.24) is 20.0 Å². The lowest BCUT2D eigenvalue weighted by Crippen LogP contribution is -2.60. The number of amides is 1. The van der Waals surface area contributed by atoms with Crippen LogP contribution < -0.4 is 4.90 Å². The number of hydrogen-bond donors (Lipinski definition) is 0. The van der Waals surface area contributed by atoms with Gasteiger partial charge in [0.25, 0.3) is 0 Å². The zero-order valence-corrected chi connectivity index (χ0v) is 14.7. The van der Waals surface area contributed by atoms with Crippen LogP contribution >= 0.6 is 0 Å². The Labute approximate surface area is 143 Å². The summed E-state index contributed by atoms with van der Waals surface area (Å²) in [4.78, 5) is 18.5. The molecule has 1 atom stereocenters. The lowest BCUT2D eigenvalue weighted by molar-refractivity contribution is -0.130. The van der Waals surface area contributed by atoms with Crippen molar-refractivity contribution in [1.29, 1.82) is 0 Å². The van der Waals surface area contributed by atoms with Gasteiger partial charge in [-0.1, -0.05) is 0 Å². The van der Waals surface area contributed by atoms with Gasteiger partial charge in [0, 0.05) is 45.2 Å². The number of likely N-dealkylation sites (tertiary alicyclic amines) is 1. The molecule has 1 aromatic heterocycles. The number of aryl methyl sites for hydroxylation is 2. The van der Waals surface area contributed by atoms with E-state index in [1.54, 1.807) is 6.92 Å². The van der Waals surface area contributed by atoms with E-state index < -0.39 is 0 Å². The summed E-state index contributed by atoms with van der Waals surface area (Å²) in [6, 6.07) is 3.18. The quantitative estimate of drug-likeness (QED) is 0.828. The van der Waals surface area contributed by atoms with Gasteiger partial charge < -0.3 is 9.80 Å². The Morgan fingerprint density at radius 1 is 1.29 bits per heavy atom. The van der Waals surface area contributed by atoms with Crippen molar-refractivity contribution >= 4 is 11.7 Å². The van der Waals surface area contributed by atoms with Crippen molar-refractivity contribution in [3.05, 3.63) is 17.3 Å². The zero-order valence-electron chi connectivity index (χ0n) is 14.7. The number of likely N-dealkylation sites (N-methyl/N-ethyl adjacent to an activating group) is 1. The summed E-state index contributed by atoms with van der Waals surface area (Å²) in [5, 5.41) is 8.80. The van der Waals surface area contributed by atoms with Gasteiger partial charge in [0.05, 0.1) is 5.69 Å². The molecule has 2 saturated heterocycles. The summed E-state index contributed by atoms with van der Waals surface area (Å²) >= 11 is 0. The predicted octanol–water partition coefficient (Wildman–Crippen LogP) is 1.10. The fraction of sp³-hybridized carbons (Fsp3) is 0.722. The number of anilines is 1. The van der Waals surface area contributed by atoms with E-state index in [9.17, 15) is 4.79 Å². The SMILES string of the molecule is CC(=O)N1CCCC1CN(C)C1CN(c2cc3c(nn2)CCC3)C1. The molecule has 0 saturated carbocycles. The minimum atomic E-state index is 0.217. The third-order valence-corrected chi connectivity index (χ3v) is 5.90. The lowest BCUT2D eigenvalue weighted by atomic mass is 10.1. The molecule has 0 aromatic carbocycles. The van der Waals surface area contributed by atoms with Crippen LogP contribution in [0.4, 0.5) is 5.82 Å². The standard InChI is InChI=1S/C18H27N5O/c1-13(24)23-8-4-6-15(23)10-21(2)16-11-22(12-16)18-9-14-5-3-7-17(14)19-20-18/h9,15-16H,3-8,10-12H2,1-2H3. The predicted molar refractivity (Wildman–Crippen MR) is 93.1 cm³/mol. The second-order valence-electron chi connectivity index (χ2n) is 7.53. The van der Waals surface area contributed by atoms with Crippen LogP contribution in [0.5, 0.6) is 0 Å². The van der Waals surface area contributed by atoms with Gasteiger partial charge >= 0.3 is 0 Å². The van der Waals surface area contributed by atoms with E-state index in [1.807, 2.05) is 4.90 Å². The number of carbonyl (C=O) groups is 1.